The van der Waals surface area contributed by atoms with Gasteiger partial charge in [0.1, 0.15) is 0 Å². The van der Waals surface area contributed by atoms with E-state index in [2.05, 4.69) is 5.32 Å². The van der Waals surface area contributed by atoms with E-state index in [9.17, 15) is 9.59 Å². The van der Waals surface area contributed by atoms with Gasteiger partial charge in [-0.3, -0.25) is 4.79 Å². The first-order valence-corrected chi connectivity index (χ1v) is 7.07. The van der Waals surface area contributed by atoms with Gasteiger partial charge in [-0.25, -0.2) is 4.79 Å². The molecule has 0 saturated carbocycles. The van der Waals surface area contributed by atoms with E-state index < -0.39 is 0 Å². The van der Waals surface area contributed by atoms with Crippen LogP contribution in [0.4, 0.5) is 4.79 Å². The zero-order valence-corrected chi connectivity index (χ0v) is 12.2. The van der Waals surface area contributed by atoms with Gasteiger partial charge in [-0.1, -0.05) is 0 Å². The minimum atomic E-state index is -0.125. The van der Waals surface area contributed by atoms with E-state index >= 15 is 0 Å². The summed E-state index contributed by atoms with van der Waals surface area (Å²) in [5.41, 5.74) is 0. The number of hydrogen-bond acceptors (Lipinski definition) is 4. The van der Waals surface area contributed by atoms with Gasteiger partial charge in [-0.2, -0.15) is 0 Å². The van der Waals surface area contributed by atoms with Crippen molar-refractivity contribution in [3.63, 3.8) is 0 Å². The molecule has 1 N–H and O–H groups in total. The lowest BCUT2D eigenvalue weighted by Crippen LogP contribution is -2.53. The van der Waals surface area contributed by atoms with Gasteiger partial charge in [-0.15, -0.1) is 0 Å². The van der Waals surface area contributed by atoms with Crippen LogP contribution in [0.15, 0.2) is 22.8 Å². The fourth-order valence-electron chi connectivity index (χ4n) is 2.19. The largest absolute Gasteiger partial charge is 0.459 e. The van der Waals surface area contributed by atoms with Crippen molar-refractivity contribution in [1.29, 1.82) is 0 Å². The van der Waals surface area contributed by atoms with Crippen molar-refractivity contribution in [1.82, 2.24) is 15.1 Å². The zero-order chi connectivity index (χ0) is 15.1. The van der Waals surface area contributed by atoms with Crippen LogP contribution in [0, 0.1) is 0 Å². The van der Waals surface area contributed by atoms with Crippen molar-refractivity contribution in [2.45, 2.75) is 6.42 Å². The van der Waals surface area contributed by atoms with Crippen LogP contribution in [0.1, 0.15) is 17.0 Å². The highest BCUT2D eigenvalue weighted by molar-refractivity contribution is 5.91. The van der Waals surface area contributed by atoms with Crippen LogP contribution >= 0.6 is 0 Å². The van der Waals surface area contributed by atoms with Crippen molar-refractivity contribution < 1.29 is 18.7 Å². The summed E-state index contributed by atoms with van der Waals surface area (Å²) < 4.78 is 10.0. The lowest BCUT2D eigenvalue weighted by molar-refractivity contribution is 0.0634. The number of ether oxygens (including phenoxy) is 1. The molecule has 0 bridgehead atoms. The Kier molecular flexibility index (Phi) is 5.62. The van der Waals surface area contributed by atoms with Crippen LogP contribution in [0.3, 0.4) is 0 Å². The Balaban J connectivity index is 1.72. The normalized spacial score (nSPS) is 15.1. The topological polar surface area (TPSA) is 75.0 Å². The molecule has 0 spiro atoms. The summed E-state index contributed by atoms with van der Waals surface area (Å²) in [7, 11) is 1.64. The third kappa shape index (κ3) is 4.22. The number of nitrogens with zero attached hydrogens (tertiary/aromatic N) is 2. The van der Waals surface area contributed by atoms with Crippen LogP contribution in [-0.2, 0) is 4.74 Å². The zero-order valence-electron chi connectivity index (χ0n) is 12.2. The van der Waals surface area contributed by atoms with Crippen molar-refractivity contribution in [3.05, 3.63) is 24.2 Å². The van der Waals surface area contributed by atoms with Gasteiger partial charge in [0.05, 0.1) is 6.26 Å². The molecule has 2 heterocycles. The van der Waals surface area contributed by atoms with E-state index in [-0.39, 0.29) is 11.9 Å². The number of methoxy groups -OCH3 is 1. The Morgan fingerprint density at radius 1 is 1.29 bits per heavy atom. The number of piperazine rings is 1. The SMILES string of the molecule is COCCCNC(=O)N1CCN(C(=O)c2ccco2)CC1. The van der Waals surface area contributed by atoms with E-state index in [1.807, 2.05) is 0 Å². The quantitative estimate of drug-likeness (QED) is 0.815. The predicted octanol–water partition coefficient (Wildman–Crippen LogP) is 0.783. The molecule has 2 rings (SSSR count). The first-order valence-electron chi connectivity index (χ1n) is 7.07. The molecule has 0 unspecified atom stereocenters. The van der Waals surface area contributed by atoms with Crippen LogP contribution in [0.2, 0.25) is 0 Å². The monoisotopic (exact) mass is 295 g/mol. The smallest absolute Gasteiger partial charge is 0.317 e. The number of amides is 3. The molecule has 1 aromatic rings. The summed E-state index contributed by atoms with van der Waals surface area (Å²) in [4.78, 5) is 27.4. The van der Waals surface area contributed by atoms with Crippen molar-refractivity contribution in [2.75, 3.05) is 46.4 Å². The summed E-state index contributed by atoms with van der Waals surface area (Å²) >= 11 is 0. The average Bonchev–Trinajstić information content (AvgIpc) is 3.05. The summed E-state index contributed by atoms with van der Waals surface area (Å²) in [6.07, 6.45) is 2.27. The average molecular weight is 295 g/mol. The van der Waals surface area contributed by atoms with Crippen molar-refractivity contribution >= 4 is 11.9 Å². The summed E-state index contributed by atoms with van der Waals surface area (Å²) in [6, 6.07) is 3.25. The Labute approximate surface area is 123 Å². The highest BCUT2D eigenvalue weighted by atomic mass is 16.5. The van der Waals surface area contributed by atoms with Gasteiger partial charge in [0.2, 0.25) is 0 Å². The van der Waals surface area contributed by atoms with E-state index in [0.717, 1.165) is 6.42 Å². The Morgan fingerprint density at radius 2 is 2.00 bits per heavy atom. The molecule has 7 nitrogen and oxygen atoms in total. The molecule has 0 radical (unpaired) electrons. The lowest BCUT2D eigenvalue weighted by atomic mass is 10.3. The maximum absolute atomic E-state index is 12.1. The fourth-order valence-corrected chi connectivity index (χ4v) is 2.19. The first kappa shape index (κ1) is 15.4. The molecule has 0 aromatic carbocycles. The molecule has 1 aliphatic heterocycles. The van der Waals surface area contributed by atoms with Crippen LogP contribution in [-0.4, -0.2) is 68.2 Å². The van der Waals surface area contributed by atoms with Crippen molar-refractivity contribution in [2.24, 2.45) is 0 Å². The third-order valence-corrected chi connectivity index (χ3v) is 3.39. The maximum atomic E-state index is 12.1. The molecule has 21 heavy (non-hydrogen) atoms. The summed E-state index contributed by atoms with van der Waals surface area (Å²) in [5, 5.41) is 2.84. The molecule has 1 aromatic heterocycles. The second-order valence-corrected chi connectivity index (χ2v) is 4.83. The maximum Gasteiger partial charge on any atom is 0.317 e. The minimum absolute atomic E-state index is 0.0869. The van der Waals surface area contributed by atoms with Gasteiger partial charge in [0.25, 0.3) is 5.91 Å². The fraction of sp³-hybridized carbons (Fsp3) is 0.571. The molecule has 7 heteroatoms. The predicted molar refractivity (Wildman–Crippen MR) is 76.1 cm³/mol. The van der Waals surface area contributed by atoms with Gasteiger partial charge in [0.15, 0.2) is 5.76 Å². The van der Waals surface area contributed by atoms with E-state index in [1.165, 1.54) is 6.26 Å². The van der Waals surface area contributed by atoms with Crippen LogP contribution in [0.5, 0.6) is 0 Å². The third-order valence-electron chi connectivity index (χ3n) is 3.39. The van der Waals surface area contributed by atoms with Crippen molar-refractivity contribution in [3.8, 4) is 0 Å². The minimum Gasteiger partial charge on any atom is -0.459 e. The molecule has 1 saturated heterocycles. The molecule has 0 aliphatic carbocycles. The van der Waals surface area contributed by atoms with E-state index in [0.29, 0.717) is 45.1 Å². The number of carbonyl (C=O) groups excluding carboxylic acids is 2. The second-order valence-electron chi connectivity index (χ2n) is 4.83. The number of nitrogens with one attached hydrogen (secondary N) is 1. The second kappa shape index (κ2) is 7.68. The van der Waals surface area contributed by atoms with E-state index in [1.54, 1.807) is 29.0 Å². The first-order chi connectivity index (χ1) is 10.2. The molecular weight excluding hydrogens is 274 g/mol. The van der Waals surface area contributed by atoms with E-state index in [4.69, 9.17) is 9.15 Å². The number of furan rings is 1. The number of hydrogen-bond donors (Lipinski definition) is 1. The molecule has 116 valence electrons. The lowest BCUT2D eigenvalue weighted by Gasteiger charge is -2.34. The van der Waals surface area contributed by atoms with Gasteiger partial charge < -0.3 is 24.3 Å². The molecule has 3 amide bonds. The van der Waals surface area contributed by atoms with Crippen LogP contribution in [0.25, 0.3) is 0 Å². The summed E-state index contributed by atoms with van der Waals surface area (Å²) in [6.45, 7) is 3.32. The Hall–Kier alpha value is -2.02. The molecular formula is C14H21N3O4. The Bertz CT molecular complexity index is 453. The summed E-state index contributed by atoms with van der Waals surface area (Å²) in [5.74, 6) is 0.215. The number of rotatable bonds is 5. The van der Waals surface area contributed by atoms with Crippen LogP contribution < -0.4 is 5.32 Å². The molecule has 1 fully saturated rings. The molecule has 0 atom stereocenters. The van der Waals surface area contributed by atoms with Gasteiger partial charge in [-0.05, 0) is 18.6 Å². The number of urea groups is 1. The van der Waals surface area contributed by atoms with Gasteiger partial charge in [0, 0.05) is 46.4 Å². The Morgan fingerprint density at radius 3 is 2.62 bits per heavy atom. The highest BCUT2D eigenvalue weighted by Gasteiger charge is 2.25. The highest BCUT2D eigenvalue weighted by Crippen LogP contribution is 2.09. The number of carbonyl (C=O) groups is 2. The molecule has 1 aliphatic rings. The standard InChI is InChI=1S/C14H21N3O4/c1-20-10-3-5-15-14(19)17-8-6-16(7-9-17)13(18)12-4-2-11-21-12/h2,4,11H,3,5-10H2,1H3,(H,15,19). The van der Waals surface area contributed by atoms with Gasteiger partial charge >= 0.3 is 6.03 Å².